The van der Waals surface area contributed by atoms with Crippen LogP contribution in [-0.2, 0) is 22.6 Å². The second-order valence-electron chi connectivity index (χ2n) is 8.62. The zero-order chi connectivity index (χ0) is 22.2. The Morgan fingerprint density at radius 2 is 2.06 bits per heavy atom. The third kappa shape index (κ3) is 3.69. The third-order valence-corrected chi connectivity index (χ3v) is 6.71. The number of hydrogen-bond donors (Lipinski definition) is 2. The lowest BCUT2D eigenvalue weighted by Crippen LogP contribution is -2.52. The summed E-state index contributed by atoms with van der Waals surface area (Å²) >= 11 is 0. The maximum Gasteiger partial charge on any atom is 0.255 e. The molecule has 3 aliphatic heterocycles. The lowest BCUT2D eigenvalue weighted by atomic mass is 10.0. The van der Waals surface area contributed by atoms with E-state index in [9.17, 15) is 19.5 Å². The van der Waals surface area contributed by atoms with E-state index < -0.39 is 11.9 Å². The lowest BCUT2D eigenvalue weighted by Gasteiger charge is -2.29. The number of likely N-dealkylation sites (tertiary alicyclic amines) is 1. The Balaban J connectivity index is 1.33. The van der Waals surface area contributed by atoms with Gasteiger partial charge in [-0.05, 0) is 37.9 Å². The highest BCUT2D eigenvalue weighted by molar-refractivity contribution is 6.05. The van der Waals surface area contributed by atoms with Crippen LogP contribution in [0.2, 0.25) is 0 Å². The van der Waals surface area contributed by atoms with Crippen LogP contribution >= 0.6 is 0 Å². The topological polar surface area (TPSA) is 121 Å². The molecule has 2 aromatic rings. The minimum atomic E-state index is -0.647. The number of nitrogens with zero attached hydrogens (tertiary/aromatic N) is 5. The quantitative estimate of drug-likeness (QED) is 0.611. The number of nitrogens with one attached hydrogen (secondary N) is 1. The van der Waals surface area contributed by atoms with E-state index >= 15 is 0 Å². The van der Waals surface area contributed by atoms with Gasteiger partial charge in [-0.15, -0.1) is 5.10 Å². The fraction of sp³-hybridized carbons (Fsp3) is 0.500. The van der Waals surface area contributed by atoms with Crippen LogP contribution in [0.25, 0.3) is 5.69 Å². The molecule has 2 saturated heterocycles. The molecule has 2 N–H and O–H groups in total. The van der Waals surface area contributed by atoms with Crippen molar-refractivity contribution < 1.29 is 19.5 Å². The highest BCUT2D eigenvalue weighted by Gasteiger charge is 2.40. The number of aliphatic hydroxyl groups excluding tert-OH is 1. The van der Waals surface area contributed by atoms with Gasteiger partial charge in [-0.25, -0.2) is 4.68 Å². The van der Waals surface area contributed by atoms with E-state index in [4.69, 9.17) is 0 Å². The summed E-state index contributed by atoms with van der Waals surface area (Å²) in [5.74, 6) is -0.929. The molecule has 2 fully saturated rings. The van der Waals surface area contributed by atoms with Crippen LogP contribution in [0.1, 0.15) is 47.3 Å². The number of carbonyl (C=O) groups is 3. The highest BCUT2D eigenvalue weighted by atomic mass is 16.3. The minimum Gasteiger partial charge on any atom is -0.395 e. The van der Waals surface area contributed by atoms with Gasteiger partial charge in [-0.1, -0.05) is 11.3 Å². The second-order valence-corrected chi connectivity index (χ2v) is 8.62. The van der Waals surface area contributed by atoms with Gasteiger partial charge in [-0.3, -0.25) is 24.6 Å². The molecule has 0 saturated carbocycles. The third-order valence-electron chi connectivity index (χ3n) is 6.71. The van der Waals surface area contributed by atoms with Crippen molar-refractivity contribution in [2.75, 3.05) is 19.7 Å². The SMILES string of the molecule is O=C1CCC(N2Cc3c(cccc3-n3cc(CCN4CCCC4CO)nn3)C2=O)C(=O)N1. The van der Waals surface area contributed by atoms with Gasteiger partial charge in [0, 0.05) is 43.1 Å². The maximum absolute atomic E-state index is 13.0. The molecule has 10 heteroatoms. The van der Waals surface area contributed by atoms with E-state index in [2.05, 4.69) is 20.5 Å². The van der Waals surface area contributed by atoms with Crippen molar-refractivity contribution in [2.45, 2.75) is 50.7 Å². The van der Waals surface area contributed by atoms with Crippen molar-refractivity contribution in [2.24, 2.45) is 0 Å². The zero-order valence-corrected chi connectivity index (χ0v) is 17.7. The largest absolute Gasteiger partial charge is 0.395 e. The predicted octanol–water partition coefficient (Wildman–Crippen LogP) is 0.0275. The van der Waals surface area contributed by atoms with Gasteiger partial charge in [0.2, 0.25) is 11.8 Å². The Kier molecular flexibility index (Phi) is 5.48. The van der Waals surface area contributed by atoms with E-state index in [1.807, 2.05) is 12.3 Å². The van der Waals surface area contributed by atoms with Gasteiger partial charge in [-0.2, -0.15) is 0 Å². The first kappa shape index (κ1) is 20.8. The Bertz CT molecular complexity index is 1070. The van der Waals surface area contributed by atoms with Crippen LogP contribution in [-0.4, -0.2) is 79.4 Å². The fourth-order valence-electron chi connectivity index (χ4n) is 4.97. The number of aromatic nitrogens is 3. The summed E-state index contributed by atoms with van der Waals surface area (Å²) in [6, 6.07) is 5.03. The molecule has 3 amide bonds. The molecule has 0 spiro atoms. The molecule has 2 atom stereocenters. The average Bonchev–Trinajstić information content (AvgIpc) is 3.51. The Labute approximate surface area is 185 Å². The van der Waals surface area contributed by atoms with Crippen LogP contribution in [0.3, 0.4) is 0 Å². The Morgan fingerprint density at radius 3 is 2.88 bits per heavy atom. The summed E-state index contributed by atoms with van der Waals surface area (Å²) in [4.78, 5) is 40.6. The number of amides is 3. The molecular formula is C22H26N6O4. The summed E-state index contributed by atoms with van der Waals surface area (Å²) < 4.78 is 1.68. The van der Waals surface area contributed by atoms with Gasteiger partial charge in [0.05, 0.1) is 24.2 Å². The molecule has 3 aliphatic rings. The van der Waals surface area contributed by atoms with Crippen LogP contribution in [0, 0.1) is 0 Å². The van der Waals surface area contributed by atoms with Crippen molar-refractivity contribution in [3.63, 3.8) is 0 Å². The van der Waals surface area contributed by atoms with Crippen molar-refractivity contribution in [3.05, 3.63) is 41.2 Å². The summed E-state index contributed by atoms with van der Waals surface area (Å²) in [5, 5.41) is 20.4. The molecule has 0 radical (unpaired) electrons. The van der Waals surface area contributed by atoms with Gasteiger partial charge in [0.25, 0.3) is 5.91 Å². The van der Waals surface area contributed by atoms with E-state index in [0.717, 1.165) is 49.3 Å². The number of imide groups is 1. The normalized spacial score (nSPS) is 23.7. The van der Waals surface area contributed by atoms with Crippen molar-refractivity contribution in [1.29, 1.82) is 0 Å². The van der Waals surface area contributed by atoms with Crippen LogP contribution < -0.4 is 5.32 Å². The summed E-state index contributed by atoms with van der Waals surface area (Å²) in [6.45, 7) is 2.28. The van der Waals surface area contributed by atoms with Crippen molar-refractivity contribution in [3.8, 4) is 5.69 Å². The highest BCUT2D eigenvalue weighted by Crippen LogP contribution is 2.31. The number of benzene rings is 1. The first-order valence-corrected chi connectivity index (χ1v) is 11.1. The molecule has 32 heavy (non-hydrogen) atoms. The monoisotopic (exact) mass is 438 g/mol. The number of piperidine rings is 1. The molecule has 168 valence electrons. The molecular weight excluding hydrogens is 412 g/mol. The number of hydrogen-bond acceptors (Lipinski definition) is 7. The lowest BCUT2D eigenvalue weighted by molar-refractivity contribution is -0.136. The smallest absolute Gasteiger partial charge is 0.255 e. The molecule has 2 unspecified atom stereocenters. The number of carbonyl (C=O) groups excluding carboxylic acids is 3. The van der Waals surface area contributed by atoms with E-state index in [-0.39, 0.29) is 37.4 Å². The van der Waals surface area contributed by atoms with Gasteiger partial charge < -0.3 is 10.0 Å². The standard InChI is InChI=1S/C22H26N6O4/c29-13-15-3-2-9-26(15)10-8-14-11-28(25-24-14)18-5-1-4-16-17(18)12-27(22(16)32)19-6-7-20(30)23-21(19)31/h1,4-5,11,15,19,29H,2-3,6-10,12-13H2,(H,23,30,31). The Hall–Kier alpha value is -3.11. The van der Waals surface area contributed by atoms with E-state index in [1.54, 1.807) is 16.8 Å². The van der Waals surface area contributed by atoms with Crippen LogP contribution in [0.4, 0.5) is 0 Å². The number of fused-ring (bicyclic) bond motifs is 1. The average molecular weight is 438 g/mol. The molecule has 0 bridgehead atoms. The molecule has 4 heterocycles. The second kappa shape index (κ2) is 8.44. The molecule has 0 aliphatic carbocycles. The van der Waals surface area contributed by atoms with E-state index in [1.165, 1.54) is 4.90 Å². The van der Waals surface area contributed by atoms with E-state index in [0.29, 0.717) is 12.0 Å². The number of aliphatic hydroxyl groups is 1. The van der Waals surface area contributed by atoms with Crippen molar-refractivity contribution in [1.82, 2.24) is 30.1 Å². The number of rotatable bonds is 6. The fourth-order valence-corrected chi connectivity index (χ4v) is 4.97. The summed E-state index contributed by atoms with van der Waals surface area (Å²) in [7, 11) is 0. The van der Waals surface area contributed by atoms with Crippen molar-refractivity contribution >= 4 is 17.7 Å². The predicted molar refractivity (Wildman–Crippen MR) is 113 cm³/mol. The minimum absolute atomic E-state index is 0.181. The molecule has 5 rings (SSSR count). The van der Waals surface area contributed by atoms with Gasteiger partial charge in [0.15, 0.2) is 0 Å². The molecule has 1 aromatic heterocycles. The Morgan fingerprint density at radius 1 is 1.19 bits per heavy atom. The maximum atomic E-state index is 13.0. The van der Waals surface area contributed by atoms with Gasteiger partial charge in [0.1, 0.15) is 6.04 Å². The summed E-state index contributed by atoms with van der Waals surface area (Å²) in [6.07, 6.45) is 5.29. The van der Waals surface area contributed by atoms with Crippen LogP contribution in [0.5, 0.6) is 0 Å². The molecule has 1 aromatic carbocycles. The molecule has 10 nitrogen and oxygen atoms in total. The van der Waals surface area contributed by atoms with Gasteiger partial charge >= 0.3 is 0 Å². The first-order valence-electron chi connectivity index (χ1n) is 11.1. The zero-order valence-electron chi connectivity index (χ0n) is 17.7. The first-order chi connectivity index (χ1) is 15.5. The summed E-state index contributed by atoms with van der Waals surface area (Å²) in [5.41, 5.74) is 2.96. The van der Waals surface area contributed by atoms with Crippen LogP contribution in [0.15, 0.2) is 24.4 Å².